The SMILES string of the molecule is CC(C)(C)c1ccc2c(c1)c1cc(C(C)(C)C)ccc1n2-c1ccc(-c2cccc(C#N)c2)cc1-c1nc(-c2ccccc2)nc(-c2ccc(C(F)(F)F)cc2-n2c3ccc(C(C)(C)C)cc3c3cc(C(C)(C)C)ccc32)n1. The number of rotatable bonds is 6. The number of nitrogens with zero attached hydrogens (tertiary/aromatic N) is 6. The van der Waals surface area contributed by atoms with Crippen LogP contribution in [0.15, 0.2) is 164 Å². The van der Waals surface area contributed by atoms with Gasteiger partial charge in [0.25, 0.3) is 0 Å². The number of hydrogen-bond donors (Lipinski definition) is 0. The largest absolute Gasteiger partial charge is 0.416 e. The molecule has 0 aliphatic heterocycles. The fourth-order valence-electron chi connectivity index (χ4n) is 10.7. The van der Waals surface area contributed by atoms with Gasteiger partial charge < -0.3 is 9.13 Å². The second-order valence-corrected chi connectivity index (χ2v) is 24.9. The van der Waals surface area contributed by atoms with E-state index in [1.54, 1.807) is 6.07 Å². The minimum Gasteiger partial charge on any atom is -0.309 e. The molecule has 0 amide bonds. The van der Waals surface area contributed by atoms with Crippen LogP contribution in [0.5, 0.6) is 0 Å². The van der Waals surface area contributed by atoms with Crippen molar-refractivity contribution in [2.75, 3.05) is 0 Å². The highest BCUT2D eigenvalue weighted by Crippen LogP contribution is 2.45. The summed E-state index contributed by atoms with van der Waals surface area (Å²) in [4.78, 5) is 16.0. The highest BCUT2D eigenvalue weighted by atomic mass is 19.4. The quantitative estimate of drug-likeness (QED) is 0.166. The molecule has 0 spiro atoms. The maximum Gasteiger partial charge on any atom is 0.416 e. The number of aromatic nitrogens is 5. The van der Waals surface area contributed by atoms with Crippen molar-refractivity contribution in [3.8, 4) is 62.7 Å². The van der Waals surface area contributed by atoms with E-state index in [2.05, 4.69) is 173 Å². The summed E-state index contributed by atoms with van der Waals surface area (Å²) in [6.45, 7) is 26.3. The van der Waals surface area contributed by atoms with Crippen LogP contribution in [-0.4, -0.2) is 24.1 Å². The predicted octanol–water partition coefficient (Wildman–Crippen LogP) is 18.8. The van der Waals surface area contributed by atoms with E-state index in [0.29, 0.717) is 33.9 Å². The average Bonchev–Trinajstić information content (AvgIpc) is 3.97. The van der Waals surface area contributed by atoms with Crippen molar-refractivity contribution in [3.63, 3.8) is 0 Å². The molecular weight excluding hydrogens is 970 g/mol. The van der Waals surface area contributed by atoms with Gasteiger partial charge in [-0.25, -0.2) is 15.0 Å². The van der Waals surface area contributed by atoms with E-state index in [1.807, 2.05) is 65.2 Å². The number of alkyl halides is 3. The lowest BCUT2D eigenvalue weighted by molar-refractivity contribution is -0.137. The first-order valence-electron chi connectivity index (χ1n) is 26.6. The summed E-state index contributed by atoms with van der Waals surface area (Å²) in [7, 11) is 0. The van der Waals surface area contributed by atoms with Gasteiger partial charge in [-0.2, -0.15) is 18.4 Å². The fourth-order valence-corrected chi connectivity index (χ4v) is 10.7. The van der Waals surface area contributed by atoms with Crippen LogP contribution in [0, 0.1) is 11.3 Å². The molecule has 0 unspecified atom stereocenters. The summed E-state index contributed by atoms with van der Waals surface area (Å²) in [5.41, 5.74) is 11.7. The van der Waals surface area contributed by atoms with Gasteiger partial charge in [0, 0.05) is 38.2 Å². The van der Waals surface area contributed by atoms with Gasteiger partial charge in [0.2, 0.25) is 0 Å². The minimum atomic E-state index is -4.66. The van der Waals surface area contributed by atoms with Crippen molar-refractivity contribution in [1.82, 2.24) is 24.1 Å². The van der Waals surface area contributed by atoms with Gasteiger partial charge in [0.15, 0.2) is 17.5 Å². The van der Waals surface area contributed by atoms with Gasteiger partial charge in [-0.3, -0.25) is 0 Å². The average molecular weight is 1030 g/mol. The molecule has 3 aromatic heterocycles. The zero-order valence-corrected chi connectivity index (χ0v) is 46.4. The molecule has 390 valence electrons. The van der Waals surface area contributed by atoms with Crippen molar-refractivity contribution in [2.24, 2.45) is 0 Å². The molecule has 0 bridgehead atoms. The van der Waals surface area contributed by atoms with Crippen molar-refractivity contribution >= 4 is 43.6 Å². The monoisotopic (exact) mass is 1030 g/mol. The van der Waals surface area contributed by atoms with Crippen LogP contribution in [0.2, 0.25) is 0 Å². The normalized spacial score (nSPS) is 12.8. The van der Waals surface area contributed by atoms with Crippen molar-refractivity contribution in [1.29, 1.82) is 5.26 Å². The predicted molar refractivity (Wildman–Crippen MR) is 315 cm³/mol. The van der Waals surface area contributed by atoms with Crippen LogP contribution >= 0.6 is 0 Å². The van der Waals surface area contributed by atoms with E-state index in [9.17, 15) is 5.26 Å². The zero-order valence-electron chi connectivity index (χ0n) is 46.4. The highest BCUT2D eigenvalue weighted by molar-refractivity contribution is 6.11. The highest BCUT2D eigenvalue weighted by Gasteiger charge is 2.33. The Morgan fingerprint density at radius 1 is 0.359 bits per heavy atom. The Labute approximate surface area is 454 Å². The molecule has 0 aliphatic rings. The van der Waals surface area contributed by atoms with Crippen molar-refractivity contribution < 1.29 is 13.2 Å². The molecule has 9 heteroatoms. The van der Waals surface area contributed by atoms with Crippen LogP contribution in [-0.2, 0) is 27.8 Å². The Bertz CT molecular complexity index is 4090. The van der Waals surface area contributed by atoms with Gasteiger partial charge in [-0.05, 0) is 146 Å². The summed E-state index contributed by atoms with van der Waals surface area (Å²) < 4.78 is 49.9. The molecule has 0 N–H and O–H groups in total. The van der Waals surface area contributed by atoms with E-state index in [-0.39, 0.29) is 33.2 Å². The number of halogens is 3. The second-order valence-electron chi connectivity index (χ2n) is 24.9. The Kier molecular flexibility index (Phi) is 12.2. The van der Waals surface area contributed by atoms with Crippen molar-refractivity contribution in [3.05, 3.63) is 197 Å². The molecule has 11 rings (SSSR count). The first-order valence-corrected chi connectivity index (χ1v) is 26.6. The van der Waals surface area contributed by atoms with E-state index < -0.39 is 11.7 Å². The molecule has 78 heavy (non-hydrogen) atoms. The van der Waals surface area contributed by atoms with E-state index in [4.69, 9.17) is 15.0 Å². The molecular formula is C69H63F3N6. The molecule has 0 fully saturated rings. The third-order valence-electron chi connectivity index (χ3n) is 15.3. The molecule has 0 atom stereocenters. The lowest BCUT2D eigenvalue weighted by atomic mass is 9.85. The van der Waals surface area contributed by atoms with E-state index in [1.165, 1.54) is 23.3 Å². The Balaban J connectivity index is 1.25. The number of hydrogen-bond acceptors (Lipinski definition) is 4. The summed E-state index contributed by atoms with van der Waals surface area (Å²) >= 11 is 0. The fraction of sp³-hybridized carbons (Fsp3) is 0.246. The number of fused-ring (bicyclic) bond motifs is 6. The molecule has 6 nitrogen and oxygen atoms in total. The topological polar surface area (TPSA) is 72.3 Å². The molecule has 11 aromatic rings. The summed E-state index contributed by atoms with van der Waals surface area (Å²) in [5, 5.41) is 14.1. The molecule has 0 radical (unpaired) electrons. The van der Waals surface area contributed by atoms with Crippen molar-refractivity contribution in [2.45, 2.75) is 111 Å². The van der Waals surface area contributed by atoms with Crippen LogP contribution in [0.25, 0.3) is 100 Å². The van der Waals surface area contributed by atoms with Gasteiger partial charge in [-0.1, -0.05) is 156 Å². The Morgan fingerprint density at radius 3 is 1.22 bits per heavy atom. The molecule has 0 aliphatic carbocycles. The Morgan fingerprint density at radius 2 is 0.769 bits per heavy atom. The number of benzene rings is 8. The second kappa shape index (κ2) is 18.4. The van der Waals surface area contributed by atoms with Gasteiger partial charge in [-0.15, -0.1) is 0 Å². The third-order valence-corrected chi connectivity index (χ3v) is 15.3. The standard InChI is InChI=1S/C69H63F3N6/c1-65(2,3)45-23-29-56-51(35-45)52-36-46(66(4,5)6)24-30-57(52)77(56)60-28-21-44(43-20-16-17-41(33-43)40-73)34-55(60)64-75-62(42-18-14-13-15-19-42)74-63(76-64)50-27-22-49(69(70,71)72)39-61(50)78-58-31-25-47(67(7,8)9)37-53(58)54-38-48(68(10,11)12)26-32-59(54)78/h13-39H,1-12H3. The maximum atomic E-state index is 15.2. The first kappa shape index (κ1) is 51.7. The lowest BCUT2D eigenvalue weighted by Crippen LogP contribution is -2.11. The summed E-state index contributed by atoms with van der Waals surface area (Å²) in [6.07, 6.45) is -4.66. The number of nitriles is 1. The van der Waals surface area contributed by atoms with Gasteiger partial charge in [0.05, 0.1) is 50.6 Å². The molecule has 8 aromatic carbocycles. The Hall–Kier alpha value is -8.35. The van der Waals surface area contributed by atoms with E-state index in [0.717, 1.165) is 77.6 Å². The van der Waals surface area contributed by atoms with Crippen LogP contribution < -0.4 is 0 Å². The molecule has 3 heterocycles. The molecule has 0 saturated heterocycles. The van der Waals surface area contributed by atoms with Gasteiger partial charge in [0.1, 0.15) is 0 Å². The van der Waals surface area contributed by atoms with Crippen LogP contribution in [0.4, 0.5) is 13.2 Å². The van der Waals surface area contributed by atoms with Crippen LogP contribution in [0.1, 0.15) is 116 Å². The minimum absolute atomic E-state index is 0.120. The van der Waals surface area contributed by atoms with E-state index >= 15 is 13.2 Å². The smallest absolute Gasteiger partial charge is 0.309 e. The third kappa shape index (κ3) is 9.31. The molecule has 0 saturated carbocycles. The van der Waals surface area contributed by atoms with Crippen LogP contribution in [0.3, 0.4) is 0 Å². The maximum absolute atomic E-state index is 15.2. The van der Waals surface area contributed by atoms with Gasteiger partial charge >= 0.3 is 6.18 Å². The lowest BCUT2D eigenvalue weighted by Gasteiger charge is -2.20. The summed E-state index contributed by atoms with van der Waals surface area (Å²) in [6, 6.07) is 55.5. The summed E-state index contributed by atoms with van der Waals surface area (Å²) in [5.74, 6) is 0.866. The first-order chi connectivity index (χ1) is 36.8. The zero-order chi connectivity index (χ0) is 55.4.